The molecule has 0 aliphatic carbocycles. The van der Waals surface area contributed by atoms with Crippen molar-refractivity contribution >= 4 is 23.1 Å². The summed E-state index contributed by atoms with van der Waals surface area (Å²) >= 11 is 0. The molecule has 3 aromatic heterocycles. The fourth-order valence-corrected chi connectivity index (χ4v) is 3.87. The molecule has 1 fully saturated rings. The third kappa shape index (κ3) is 5.34. The van der Waals surface area contributed by atoms with Gasteiger partial charge in [-0.1, -0.05) is 0 Å². The predicted octanol–water partition coefficient (Wildman–Crippen LogP) is 1.65. The van der Waals surface area contributed by atoms with Crippen molar-refractivity contribution in [3.05, 3.63) is 42.8 Å². The number of nitrogens with zero attached hydrogens (tertiary/aromatic N) is 8. The number of hydrogen-bond donors (Lipinski definition) is 1. The molecule has 0 spiro atoms. The molecule has 36 heavy (non-hydrogen) atoms. The summed E-state index contributed by atoms with van der Waals surface area (Å²) in [5.41, 5.74) is 7.19. The normalized spacial score (nSPS) is 20.1. The number of fused-ring (bicyclic) bond motifs is 1. The summed E-state index contributed by atoms with van der Waals surface area (Å²) in [5.74, 6) is 0.435. The smallest absolute Gasteiger partial charge is 0.266 e. The molecular weight excluding hydrogens is 462 g/mol. The number of nitrogen functional groups attached to an aromatic ring is 1. The van der Waals surface area contributed by atoms with Gasteiger partial charge in [0.1, 0.15) is 24.4 Å². The number of aromatic nitrogens is 5. The van der Waals surface area contributed by atoms with Crippen LogP contribution in [0.4, 0.5) is 17.5 Å². The Hall–Kier alpha value is -3.90. The highest BCUT2D eigenvalue weighted by atomic mass is 16.5. The Morgan fingerprint density at radius 2 is 2.03 bits per heavy atom. The number of piperazine rings is 1. The van der Waals surface area contributed by atoms with Crippen LogP contribution in [0, 0.1) is 0 Å². The van der Waals surface area contributed by atoms with Gasteiger partial charge >= 0.3 is 0 Å². The third-order valence-electron chi connectivity index (χ3n) is 5.71. The van der Waals surface area contributed by atoms with Crippen LogP contribution in [0.2, 0.25) is 0 Å². The molecule has 0 unspecified atom stereocenters. The third-order valence-corrected chi connectivity index (χ3v) is 5.71. The van der Waals surface area contributed by atoms with Crippen LogP contribution in [0.25, 0.3) is 17.4 Å². The topological polar surface area (TPSA) is 123 Å². The minimum absolute atomic E-state index is 0.0115. The lowest BCUT2D eigenvalue weighted by atomic mass is 10.2. The highest BCUT2D eigenvalue weighted by Gasteiger charge is 2.19. The zero-order chi connectivity index (χ0) is 33.5. The van der Waals surface area contributed by atoms with Gasteiger partial charge in [0.25, 0.3) is 5.89 Å². The van der Waals surface area contributed by atoms with Gasteiger partial charge in [0.15, 0.2) is 5.65 Å². The molecule has 0 amide bonds. The van der Waals surface area contributed by atoms with Gasteiger partial charge in [-0.05, 0) is 24.3 Å². The number of ether oxygens (including phenoxy) is 2. The number of benzene rings is 1. The van der Waals surface area contributed by atoms with E-state index in [1.165, 1.54) is 40.1 Å². The van der Waals surface area contributed by atoms with E-state index >= 15 is 0 Å². The summed E-state index contributed by atoms with van der Waals surface area (Å²) in [6.07, 6.45) is 2.83. The molecule has 5 rings (SSSR count). The predicted molar refractivity (Wildman–Crippen MR) is 136 cm³/mol. The molecule has 4 heterocycles. The lowest BCUT2D eigenvalue weighted by molar-refractivity contribution is 0.146. The number of rotatable bonds is 10. The van der Waals surface area contributed by atoms with Crippen molar-refractivity contribution in [2.45, 2.75) is 0 Å². The average molecular weight is 504 g/mol. The molecule has 4 aromatic rings. The number of anilines is 3. The molecule has 1 aliphatic rings. The number of methoxy groups -OCH3 is 1. The molecule has 0 bridgehead atoms. The first-order chi connectivity index (χ1) is 21.4. The molecule has 1 aromatic carbocycles. The quantitative estimate of drug-likeness (QED) is 0.340. The van der Waals surface area contributed by atoms with Crippen molar-refractivity contribution in [1.82, 2.24) is 29.5 Å². The molecule has 190 valence electrons. The first-order valence-corrected chi connectivity index (χ1v) is 11.1. The van der Waals surface area contributed by atoms with E-state index in [1.54, 1.807) is 12.1 Å². The Balaban J connectivity index is 1.18. The summed E-state index contributed by atoms with van der Waals surface area (Å²) in [7, 11) is -3.15. The Morgan fingerprint density at radius 3 is 2.78 bits per heavy atom. The van der Waals surface area contributed by atoms with Crippen molar-refractivity contribution in [3.63, 3.8) is 0 Å². The van der Waals surface area contributed by atoms with E-state index in [9.17, 15) is 0 Å². The van der Waals surface area contributed by atoms with Crippen LogP contribution in [0.5, 0.6) is 5.75 Å². The number of nitrogens with two attached hydrogens (primary N) is 1. The van der Waals surface area contributed by atoms with Gasteiger partial charge in [-0.2, -0.15) is 9.50 Å². The zero-order valence-corrected chi connectivity index (χ0v) is 19.2. The molecule has 1 saturated heterocycles. The van der Waals surface area contributed by atoms with E-state index < -0.39 is 27.1 Å². The second kappa shape index (κ2) is 10.8. The van der Waals surface area contributed by atoms with Crippen molar-refractivity contribution in [3.8, 4) is 17.5 Å². The number of hydrogen-bond acceptors (Lipinski definition) is 11. The van der Waals surface area contributed by atoms with Gasteiger partial charge in [0, 0.05) is 69.1 Å². The summed E-state index contributed by atoms with van der Waals surface area (Å²) in [4.78, 5) is 18.0. The summed E-state index contributed by atoms with van der Waals surface area (Å²) in [5, 5.41) is 4.24. The van der Waals surface area contributed by atoms with Crippen LogP contribution >= 0.6 is 0 Å². The van der Waals surface area contributed by atoms with Crippen LogP contribution in [0.3, 0.4) is 0 Å². The highest BCUT2D eigenvalue weighted by molar-refractivity contribution is 5.58. The molecular formula is C24H31N9O3. The first-order valence-electron chi connectivity index (χ1n) is 16.1. The van der Waals surface area contributed by atoms with E-state index in [1.807, 2.05) is 0 Å². The van der Waals surface area contributed by atoms with E-state index in [4.69, 9.17) is 28.6 Å². The Kier molecular flexibility index (Phi) is 4.38. The largest absolute Gasteiger partial charge is 0.491 e. The zero-order valence-electron chi connectivity index (χ0n) is 29.2. The first kappa shape index (κ1) is 14.6. The maximum Gasteiger partial charge on any atom is 0.266 e. The highest BCUT2D eigenvalue weighted by Crippen LogP contribution is 2.22. The summed E-state index contributed by atoms with van der Waals surface area (Å²) < 4.78 is 92.6. The van der Waals surface area contributed by atoms with Crippen molar-refractivity contribution < 1.29 is 27.6 Å². The molecule has 1 aliphatic heterocycles. The van der Waals surface area contributed by atoms with Gasteiger partial charge in [0.05, 0.1) is 22.4 Å². The summed E-state index contributed by atoms with van der Waals surface area (Å²) in [6, 6.07) is 7.77. The average Bonchev–Trinajstić information content (AvgIpc) is 3.62. The molecule has 12 heteroatoms. The van der Waals surface area contributed by atoms with E-state index in [0.717, 1.165) is 5.69 Å². The van der Waals surface area contributed by atoms with Crippen molar-refractivity contribution in [2.24, 2.45) is 0 Å². The van der Waals surface area contributed by atoms with Crippen LogP contribution in [-0.2, 0) is 4.74 Å². The number of oxazole rings is 1. The molecule has 0 atom stereocenters. The fraction of sp³-hybridized carbons (Fsp3) is 0.417. The van der Waals surface area contributed by atoms with Gasteiger partial charge in [0.2, 0.25) is 11.8 Å². The summed E-state index contributed by atoms with van der Waals surface area (Å²) in [6.45, 7) is -5.79. The fourth-order valence-electron chi connectivity index (χ4n) is 3.87. The number of likely N-dealkylation sites (N-methyl/N-ethyl adjacent to an activating group) is 1. The van der Waals surface area contributed by atoms with Gasteiger partial charge < -0.3 is 29.4 Å². The van der Waals surface area contributed by atoms with Gasteiger partial charge in [-0.25, -0.2) is 9.97 Å². The monoisotopic (exact) mass is 503 g/mol. The van der Waals surface area contributed by atoms with Crippen molar-refractivity contribution in [1.29, 1.82) is 0 Å². The Labute approximate surface area is 223 Å². The van der Waals surface area contributed by atoms with Gasteiger partial charge in [-0.3, -0.25) is 4.90 Å². The maximum absolute atomic E-state index is 8.13. The minimum Gasteiger partial charge on any atom is -0.491 e. The Bertz CT molecular complexity index is 1620. The van der Waals surface area contributed by atoms with Gasteiger partial charge in [-0.15, -0.1) is 5.10 Å². The lowest BCUT2D eigenvalue weighted by Crippen LogP contribution is -2.48. The second-order valence-electron chi connectivity index (χ2n) is 7.90. The van der Waals surface area contributed by atoms with Crippen molar-refractivity contribution in [2.75, 3.05) is 81.9 Å². The maximum atomic E-state index is 8.13. The van der Waals surface area contributed by atoms with Crippen LogP contribution in [0.1, 0.15) is 13.7 Å². The van der Waals surface area contributed by atoms with E-state index in [-0.39, 0.29) is 41.4 Å². The standard InChI is InChI=1S/C24H31N9O3/c1-30(20-17-21-27-22(23-26-7-14-36-23)29-33(21)24(25)28-20)8-9-31-10-12-32(13-11-31)18-3-5-19(6-4-18)35-16-15-34-2/h3-7,14,17H,8-13,15-16H2,1-2H3,(H2,25,28)/i1D3,2D3,15D2,16D2. The van der Waals surface area contributed by atoms with Crippen LogP contribution < -0.4 is 20.3 Å². The van der Waals surface area contributed by atoms with E-state index in [2.05, 4.69) is 34.6 Å². The minimum atomic E-state index is -3.24. The van der Waals surface area contributed by atoms with E-state index in [0.29, 0.717) is 32.7 Å². The lowest BCUT2D eigenvalue weighted by Gasteiger charge is -2.36. The molecule has 12 nitrogen and oxygen atoms in total. The molecule has 2 N–H and O–H groups in total. The molecule has 0 saturated carbocycles. The molecule has 0 radical (unpaired) electrons. The SMILES string of the molecule is [2H]C([2H])([2H])OC([2H])([2H])C([2H])([2H])Oc1ccc(N2CCN(CCN(c3cc4nc(-c5ncco5)nn4c(N)n3)C([2H])([2H])[2H])CC2)cc1. The van der Waals surface area contributed by atoms with Crippen LogP contribution in [-0.4, -0.2) is 95.9 Å². The van der Waals surface area contributed by atoms with Crippen LogP contribution in [0.15, 0.2) is 47.2 Å². The second-order valence-corrected chi connectivity index (χ2v) is 7.90. The Morgan fingerprint density at radius 1 is 1.17 bits per heavy atom.